The van der Waals surface area contributed by atoms with Crippen LogP contribution in [0.25, 0.3) is 17.4 Å². The first-order valence-electron chi connectivity index (χ1n) is 9.41. The molecular weight excluding hydrogens is 446 g/mol. The third kappa shape index (κ3) is 4.35. The number of likely N-dealkylation sites (tertiary alicyclic amines) is 1. The molecule has 1 aromatic heterocycles. The molecule has 0 atom stereocenters. The van der Waals surface area contributed by atoms with Gasteiger partial charge < -0.3 is 9.32 Å². The summed E-state index contributed by atoms with van der Waals surface area (Å²) in [5, 5.41) is 10.5. The molecule has 3 heterocycles. The molecule has 0 unspecified atom stereocenters. The fraction of sp³-hybridized carbons (Fsp3) is 0.250. The molecule has 9 nitrogen and oxygen atoms in total. The molecule has 2 fully saturated rings. The van der Waals surface area contributed by atoms with Crippen molar-refractivity contribution in [2.24, 2.45) is 0 Å². The summed E-state index contributed by atoms with van der Waals surface area (Å²) in [7, 11) is 0. The molecule has 160 valence electrons. The third-order valence-corrected chi connectivity index (χ3v) is 6.17. The lowest BCUT2D eigenvalue weighted by Crippen LogP contribution is -2.40. The lowest BCUT2D eigenvalue weighted by molar-refractivity contribution is -0.384. The van der Waals surface area contributed by atoms with Crippen LogP contribution < -0.4 is 0 Å². The summed E-state index contributed by atoms with van der Waals surface area (Å²) in [5.74, 6) is -0.126. The van der Waals surface area contributed by atoms with E-state index in [0.29, 0.717) is 30.2 Å². The van der Waals surface area contributed by atoms with Crippen molar-refractivity contribution in [3.8, 4) is 11.3 Å². The van der Waals surface area contributed by atoms with Crippen molar-refractivity contribution in [2.45, 2.75) is 12.8 Å². The van der Waals surface area contributed by atoms with E-state index >= 15 is 0 Å². The Bertz CT molecular complexity index is 1120. The summed E-state index contributed by atoms with van der Waals surface area (Å²) in [6, 6.07) is 7.21. The molecular formula is C20H16ClN3O6S. The average molecular weight is 462 g/mol. The van der Waals surface area contributed by atoms with Gasteiger partial charge in [-0.1, -0.05) is 11.6 Å². The van der Waals surface area contributed by atoms with Crippen molar-refractivity contribution < 1.29 is 23.7 Å². The molecule has 2 saturated heterocycles. The molecule has 2 aliphatic rings. The molecule has 31 heavy (non-hydrogen) atoms. The molecule has 0 radical (unpaired) electrons. The van der Waals surface area contributed by atoms with Gasteiger partial charge in [0.05, 0.1) is 14.9 Å². The summed E-state index contributed by atoms with van der Waals surface area (Å²) >= 11 is 6.87. The van der Waals surface area contributed by atoms with Gasteiger partial charge in [0.2, 0.25) is 5.91 Å². The van der Waals surface area contributed by atoms with E-state index in [-0.39, 0.29) is 28.1 Å². The lowest BCUT2D eigenvalue weighted by atomic mass is 10.1. The van der Waals surface area contributed by atoms with Gasteiger partial charge in [0.15, 0.2) is 0 Å². The van der Waals surface area contributed by atoms with Crippen LogP contribution in [-0.2, 0) is 9.59 Å². The Hall–Kier alpha value is -3.11. The number of carbonyl (C=O) groups is 3. The smallest absolute Gasteiger partial charge is 0.294 e. The number of carbonyl (C=O) groups excluding carboxylic acids is 3. The van der Waals surface area contributed by atoms with Crippen molar-refractivity contribution in [3.05, 3.63) is 56.1 Å². The molecule has 1 aromatic carbocycles. The molecule has 0 bridgehead atoms. The number of benzene rings is 1. The molecule has 0 N–H and O–H groups in total. The maximum atomic E-state index is 12.6. The number of non-ortho nitro benzene ring substituents is 1. The van der Waals surface area contributed by atoms with Crippen LogP contribution in [-0.4, -0.2) is 51.4 Å². The van der Waals surface area contributed by atoms with Gasteiger partial charge in [0, 0.05) is 36.9 Å². The highest BCUT2D eigenvalue weighted by Crippen LogP contribution is 2.35. The minimum absolute atomic E-state index is 0.141. The normalized spacial score (nSPS) is 17.8. The van der Waals surface area contributed by atoms with Gasteiger partial charge in [-0.25, -0.2) is 0 Å². The van der Waals surface area contributed by atoms with Crippen LogP contribution >= 0.6 is 23.4 Å². The number of imide groups is 1. The Morgan fingerprint density at radius 3 is 2.65 bits per heavy atom. The number of hydrogen-bond acceptors (Lipinski definition) is 7. The van der Waals surface area contributed by atoms with E-state index in [9.17, 15) is 24.5 Å². The zero-order valence-electron chi connectivity index (χ0n) is 16.1. The van der Waals surface area contributed by atoms with Gasteiger partial charge in [-0.3, -0.25) is 29.4 Å². The van der Waals surface area contributed by atoms with E-state index < -0.39 is 16.1 Å². The number of nitro benzene ring substituents is 1. The van der Waals surface area contributed by atoms with Crippen LogP contribution in [0, 0.1) is 10.1 Å². The number of halogens is 1. The maximum absolute atomic E-state index is 12.6. The van der Waals surface area contributed by atoms with Gasteiger partial charge >= 0.3 is 0 Å². The monoisotopic (exact) mass is 461 g/mol. The van der Waals surface area contributed by atoms with Gasteiger partial charge in [0.1, 0.15) is 18.1 Å². The van der Waals surface area contributed by atoms with Crippen LogP contribution in [0.3, 0.4) is 0 Å². The number of furan rings is 1. The largest absolute Gasteiger partial charge is 0.457 e. The summed E-state index contributed by atoms with van der Waals surface area (Å²) < 4.78 is 5.69. The molecule has 2 aromatic rings. The molecule has 4 rings (SSSR count). The molecule has 11 heteroatoms. The molecule has 3 amide bonds. The van der Waals surface area contributed by atoms with Gasteiger partial charge in [0.25, 0.3) is 16.8 Å². The molecule has 0 saturated carbocycles. The second-order valence-electron chi connectivity index (χ2n) is 6.98. The number of rotatable bonds is 5. The first-order chi connectivity index (χ1) is 14.8. The number of hydrogen-bond donors (Lipinski definition) is 0. The zero-order valence-corrected chi connectivity index (χ0v) is 17.6. The van der Waals surface area contributed by atoms with Crippen LogP contribution in [0.15, 0.2) is 39.7 Å². The van der Waals surface area contributed by atoms with Crippen molar-refractivity contribution >= 4 is 52.2 Å². The highest BCUT2D eigenvalue weighted by Gasteiger charge is 2.37. The SMILES string of the molecule is O=C(CN1C(=O)S/C(=C\c2ccc(-c3ccc([N+](=O)[O-])cc3Cl)o2)C1=O)N1CCCC1. The lowest BCUT2D eigenvalue weighted by Gasteiger charge is -2.18. The number of amides is 3. The Balaban J connectivity index is 1.50. The number of nitrogens with zero attached hydrogens (tertiary/aromatic N) is 3. The Morgan fingerprint density at radius 2 is 1.97 bits per heavy atom. The molecule has 0 aliphatic carbocycles. The minimum Gasteiger partial charge on any atom is -0.457 e. The van der Waals surface area contributed by atoms with Crippen molar-refractivity contribution in [1.82, 2.24) is 9.80 Å². The second kappa shape index (κ2) is 8.56. The third-order valence-electron chi connectivity index (χ3n) is 4.95. The van der Waals surface area contributed by atoms with E-state index in [2.05, 4.69) is 0 Å². The first kappa shape index (κ1) is 21.1. The highest BCUT2D eigenvalue weighted by molar-refractivity contribution is 8.18. The van der Waals surface area contributed by atoms with E-state index in [4.69, 9.17) is 16.0 Å². The fourth-order valence-electron chi connectivity index (χ4n) is 3.36. The summed E-state index contributed by atoms with van der Waals surface area (Å²) in [6.07, 6.45) is 3.27. The quantitative estimate of drug-likeness (QED) is 0.373. The van der Waals surface area contributed by atoms with Crippen LogP contribution in [0.4, 0.5) is 10.5 Å². The van der Waals surface area contributed by atoms with E-state index in [1.54, 1.807) is 17.0 Å². The Morgan fingerprint density at radius 1 is 1.23 bits per heavy atom. The van der Waals surface area contributed by atoms with Crippen LogP contribution in [0.1, 0.15) is 18.6 Å². The van der Waals surface area contributed by atoms with Crippen LogP contribution in [0.2, 0.25) is 5.02 Å². The first-order valence-corrected chi connectivity index (χ1v) is 10.6. The number of thioether (sulfide) groups is 1. The van der Waals surface area contributed by atoms with Crippen molar-refractivity contribution in [2.75, 3.05) is 19.6 Å². The topological polar surface area (TPSA) is 114 Å². The van der Waals surface area contributed by atoms with E-state index in [0.717, 1.165) is 29.5 Å². The van der Waals surface area contributed by atoms with Gasteiger partial charge in [-0.2, -0.15) is 0 Å². The van der Waals surface area contributed by atoms with Crippen molar-refractivity contribution in [3.63, 3.8) is 0 Å². The highest BCUT2D eigenvalue weighted by atomic mass is 35.5. The van der Waals surface area contributed by atoms with Crippen LogP contribution in [0.5, 0.6) is 0 Å². The predicted molar refractivity (Wildman–Crippen MR) is 114 cm³/mol. The predicted octanol–water partition coefficient (Wildman–Crippen LogP) is 4.17. The molecule has 0 spiro atoms. The van der Waals surface area contributed by atoms with E-state index in [1.807, 2.05) is 0 Å². The van der Waals surface area contributed by atoms with E-state index in [1.165, 1.54) is 24.3 Å². The standard InChI is InChI=1S/C20H16ClN3O6S/c21-15-9-12(24(28)29)3-5-14(15)16-6-4-13(30-16)10-17-19(26)23(20(27)31-17)11-18(25)22-7-1-2-8-22/h3-6,9-10H,1-2,7-8,11H2/b17-10-. The average Bonchev–Trinajstić information content (AvgIpc) is 3.47. The zero-order chi connectivity index (χ0) is 22.1. The van der Waals surface area contributed by atoms with Gasteiger partial charge in [-0.05, 0) is 42.8 Å². The fourth-order valence-corrected chi connectivity index (χ4v) is 4.45. The van der Waals surface area contributed by atoms with Gasteiger partial charge in [-0.15, -0.1) is 0 Å². The minimum atomic E-state index is -0.548. The summed E-state index contributed by atoms with van der Waals surface area (Å²) in [5.41, 5.74) is 0.314. The summed E-state index contributed by atoms with van der Waals surface area (Å²) in [4.78, 5) is 50.2. The maximum Gasteiger partial charge on any atom is 0.294 e. The number of nitro groups is 1. The Kier molecular flexibility index (Phi) is 5.84. The Labute approximate surface area is 185 Å². The second-order valence-corrected chi connectivity index (χ2v) is 8.38. The molecule has 2 aliphatic heterocycles. The van der Waals surface area contributed by atoms with Crippen molar-refractivity contribution in [1.29, 1.82) is 0 Å². The summed E-state index contributed by atoms with van der Waals surface area (Å²) in [6.45, 7) is 1.01.